The van der Waals surface area contributed by atoms with E-state index >= 15 is 0 Å². The highest BCUT2D eigenvalue weighted by atomic mass is 35.5. The molecule has 0 saturated heterocycles. The Hall–Kier alpha value is -0.710. The molecule has 0 radical (unpaired) electrons. The summed E-state index contributed by atoms with van der Waals surface area (Å²) in [5.41, 5.74) is -2.17. The fourth-order valence-corrected chi connectivity index (χ4v) is 5.89. The molecule has 42 heavy (non-hydrogen) atoms. The van der Waals surface area contributed by atoms with Gasteiger partial charge in [-0.2, -0.15) is 0 Å². The lowest BCUT2D eigenvalue weighted by Crippen LogP contribution is -2.54. The number of carbonyl (C=O) groups is 2. The maximum Gasteiger partial charge on any atom is 0.169 e. The van der Waals surface area contributed by atoms with E-state index in [1.54, 1.807) is 0 Å². The van der Waals surface area contributed by atoms with Gasteiger partial charge in [-0.3, -0.25) is 9.59 Å². The molecule has 0 fully saturated rings. The standard InChI is InChI=1S/C37H69ClO4/c1-3-5-7-9-11-13-15-17-18-20-22-24-26-28-30-32-35(40)37(42,33-38)36(41)34(39)31-29-27-25-23-21-19-16-14-12-10-8-6-4-2/h17-18,36,41-42H,3-16,19-33H2,1-2H3. The van der Waals surface area contributed by atoms with Crippen LogP contribution in [0.4, 0.5) is 0 Å². The van der Waals surface area contributed by atoms with Gasteiger partial charge in [0.2, 0.25) is 0 Å². The second-order valence-electron chi connectivity index (χ2n) is 12.7. The quantitative estimate of drug-likeness (QED) is 0.0439. The first-order valence-corrected chi connectivity index (χ1v) is 18.6. The zero-order chi connectivity index (χ0) is 31.2. The number of ketones is 2. The highest BCUT2D eigenvalue weighted by Gasteiger charge is 2.45. The Kier molecular flexibility index (Phi) is 29.8. The number of allylic oxidation sites excluding steroid dienone is 2. The van der Waals surface area contributed by atoms with Crippen molar-refractivity contribution in [2.45, 2.75) is 205 Å². The van der Waals surface area contributed by atoms with Gasteiger partial charge in [-0.1, -0.05) is 154 Å². The molecular weight excluding hydrogens is 544 g/mol. The average Bonchev–Trinajstić information content (AvgIpc) is 3.00. The molecule has 5 heteroatoms. The van der Waals surface area contributed by atoms with Crippen LogP contribution in [0.25, 0.3) is 0 Å². The average molecular weight is 613 g/mol. The molecule has 0 aromatic heterocycles. The van der Waals surface area contributed by atoms with Crippen LogP contribution in [-0.4, -0.2) is 39.4 Å². The topological polar surface area (TPSA) is 74.6 Å². The molecule has 0 aliphatic rings. The number of alkyl halides is 1. The number of Topliss-reactive ketones (excluding diaryl/α,β-unsaturated/α-hetero) is 2. The minimum absolute atomic E-state index is 0.143. The number of unbranched alkanes of at least 4 members (excludes halogenated alkanes) is 23. The summed E-state index contributed by atoms with van der Waals surface area (Å²) in [5.74, 6) is -1.44. The van der Waals surface area contributed by atoms with Crippen LogP contribution in [0.2, 0.25) is 0 Å². The van der Waals surface area contributed by atoms with Gasteiger partial charge in [0, 0.05) is 12.8 Å². The molecule has 0 aromatic rings. The molecule has 0 aromatic carbocycles. The van der Waals surface area contributed by atoms with Crippen LogP contribution in [0.1, 0.15) is 194 Å². The van der Waals surface area contributed by atoms with E-state index < -0.39 is 29.2 Å². The summed E-state index contributed by atoms with van der Waals surface area (Å²) in [6.45, 7) is 4.50. The Bertz CT molecular complexity index is 650. The highest BCUT2D eigenvalue weighted by Crippen LogP contribution is 2.22. The summed E-state index contributed by atoms with van der Waals surface area (Å²) in [6, 6.07) is 0. The van der Waals surface area contributed by atoms with Gasteiger partial charge in [0.25, 0.3) is 0 Å². The maximum atomic E-state index is 12.7. The van der Waals surface area contributed by atoms with Crippen LogP contribution in [0.5, 0.6) is 0 Å². The molecule has 0 aliphatic heterocycles. The Morgan fingerprint density at radius 3 is 1.29 bits per heavy atom. The van der Waals surface area contributed by atoms with Crippen molar-refractivity contribution in [2.24, 2.45) is 0 Å². The monoisotopic (exact) mass is 612 g/mol. The largest absolute Gasteiger partial charge is 0.382 e. The van der Waals surface area contributed by atoms with Gasteiger partial charge < -0.3 is 10.2 Å². The lowest BCUT2D eigenvalue weighted by Gasteiger charge is -2.28. The smallest absolute Gasteiger partial charge is 0.169 e. The van der Waals surface area contributed by atoms with Crippen LogP contribution in [0, 0.1) is 0 Å². The van der Waals surface area contributed by atoms with Crippen molar-refractivity contribution in [3.8, 4) is 0 Å². The number of halogens is 1. The summed E-state index contributed by atoms with van der Waals surface area (Å²) < 4.78 is 0. The molecule has 2 unspecified atom stereocenters. The first-order chi connectivity index (χ1) is 20.4. The number of aliphatic hydroxyl groups excluding tert-OH is 1. The normalized spacial score (nSPS) is 13.9. The van der Waals surface area contributed by atoms with Crippen molar-refractivity contribution < 1.29 is 19.8 Å². The van der Waals surface area contributed by atoms with Gasteiger partial charge >= 0.3 is 0 Å². The maximum absolute atomic E-state index is 12.7. The Morgan fingerprint density at radius 1 is 0.571 bits per heavy atom. The number of rotatable bonds is 33. The Labute approximate surface area is 265 Å². The van der Waals surface area contributed by atoms with E-state index in [0.29, 0.717) is 12.8 Å². The van der Waals surface area contributed by atoms with Crippen LogP contribution in [0.3, 0.4) is 0 Å². The second-order valence-corrected chi connectivity index (χ2v) is 12.9. The van der Waals surface area contributed by atoms with Crippen molar-refractivity contribution in [3.05, 3.63) is 12.2 Å². The third kappa shape index (κ3) is 22.8. The van der Waals surface area contributed by atoms with E-state index in [2.05, 4.69) is 26.0 Å². The van der Waals surface area contributed by atoms with Crippen LogP contribution in [0.15, 0.2) is 12.2 Å². The summed E-state index contributed by atoms with van der Waals surface area (Å²) >= 11 is 5.91. The summed E-state index contributed by atoms with van der Waals surface area (Å²) in [5, 5.41) is 21.3. The van der Waals surface area contributed by atoms with Gasteiger partial charge in [-0.05, 0) is 38.5 Å². The molecule has 2 N–H and O–H groups in total. The molecule has 2 atom stereocenters. The fraction of sp³-hybridized carbons (Fsp3) is 0.892. The minimum Gasteiger partial charge on any atom is -0.382 e. The van der Waals surface area contributed by atoms with Crippen molar-refractivity contribution in [1.29, 1.82) is 0 Å². The predicted molar refractivity (Wildman–Crippen MR) is 181 cm³/mol. The van der Waals surface area contributed by atoms with E-state index in [0.717, 1.165) is 44.9 Å². The van der Waals surface area contributed by atoms with Crippen molar-refractivity contribution in [2.75, 3.05) is 5.88 Å². The van der Waals surface area contributed by atoms with Crippen molar-refractivity contribution >= 4 is 23.2 Å². The molecular formula is C37H69ClO4. The van der Waals surface area contributed by atoms with Gasteiger partial charge in [-0.25, -0.2) is 0 Å². The Balaban J connectivity index is 3.88. The fourth-order valence-electron chi connectivity index (χ4n) is 5.59. The van der Waals surface area contributed by atoms with E-state index in [-0.39, 0.29) is 12.8 Å². The van der Waals surface area contributed by atoms with Crippen LogP contribution < -0.4 is 0 Å². The lowest BCUT2D eigenvalue weighted by atomic mass is 9.86. The number of hydrogen-bond acceptors (Lipinski definition) is 4. The minimum atomic E-state index is -2.17. The molecule has 0 bridgehead atoms. The molecule has 0 saturated carbocycles. The summed E-state index contributed by atoms with van der Waals surface area (Å²) in [4.78, 5) is 25.2. The third-order valence-corrected chi connectivity index (χ3v) is 9.04. The van der Waals surface area contributed by atoms with E-state index in [4.69, 9.17) is 11.6 Å². The first kappa shape index (κ1) is 41.3. The molecule has 248 valence electrons. The predicted octanol–water partition coefficient (Wildman–Crippen LogP) is 11.0. The molecule has 0 rings (SSSR count). The van der Waals surface area contributed by atoms with Gasteiger partial charge in [-0.15, -0.1) is 11.6 Å². The van der Waals surface area contributed by atoms with Gasteiger partial charge in [0.05, 0.1) is 5.88 Å². The molecule has 0 heterocycles. The number of aliphatic hydroxyl groups is 2. The van der Waals surface area contributed by atoms with E-state index in [1.807, 2.05) is 0 Å². The zero-order valence-corrected chi connectivity index (χ0v) is 28.6. The molecule has 0 aliphatic carbocycles. The highest BCUT2D eigenvalue weighted by molar-refractivity contribution is 6.21. The van der Waals surface area contributed by atoms with Gasteiger partial charge in [0.1, 0.15) is 6.10 Å². The third-order valence-electron chi connectivity index (χ3n) is 8.64. The van der Waals surface area contributed by atoms with E-state index in [1.165, 1.54) is 109 Å². The molecule has 4 nitrogen and oxygen atoms in total. The molecule has 0 amide bonds. The SMILES string of the molecule is CCCCCCCCC=CCCCCCCCC(=O)C(O)(CCl)C(O)C(=O)CCCCCCCCCCCCCCC. The second kappa shape index (κ2) is 30.3. The summed E-state index contributed by atoms with van der Waals surface area (Å²) in [6.07, 6.45) is 34.2. The number of carbonyl (C=O) groups excluding carboxylic acids is 2. The van der Waals surface area contributed by atoms with E-state index in [9.17, 15) is 19.8 Å². The lowest BCUT2D eigenvalue weighted by molar-refractivity contribution is -0.156. The Morgan fingerprint density at radius 2 is 0.905 bits per heavy atom. The van der Waals surface area contributed by atoms with Crippen LogP contribution in [-0.2, 0) is 9.59 Å². The van der Waals surface area contributed by atoms with Gasteiger partial charge in [0.15, 0.2) is 17.2 Å². The summed E-state index contributed by atoms with van der Waals surface area (Å²) in [7, 11) is 0. The zero-order valence-electron chi connectivity index (χ0n) is 27.8. The number of hydrogen-bond donors (Lipinski definition) is 2. The van der Waals surface area contributed by atoms with Crippen molar-refractivity contribution in [1.82, 2.24) is 0 Å². The first-order valence-electron chi connectivity index (χ1n) is 18.1. The van der Waals surface area contributed by atoms with Crippen molar-refractivity contribution in [3.63, 3.8) is 0 Å². The van der Waals surface area contributed by atoms with Crippen LogP contribution >= 0.6 is 11.6 Å². The molecule has 0 spiro atoms.